The molecule has 1 aromatic carbocycles. The van der Waals surface area contributed by atoms with Crippen molar-refractivity contribution in [1.82, 2.24) is 9.80 Å². The fourth-order valence-electron chi connectivity index (χ4n) is 6.46. The zero-order chi connectivity index (χ0) is 27.8. The topological polar surface area (TPSA) is 96.2 Å². The summed E-state index contributed by atoms with van der Waals surface area (Å²) < 4.78 is 5.89. The van der Waals surface area contributed by atoms with Gasteiger partial charge in [0.25, 0.3) is 0 Å². The molecule has 0 aromatic heterocycles. The summed E-state index contributed by atoms with van der Waals surface area (Å²) in [5.41, 5.74) is 7.73. The Morgan fingerprint density at radius 3 is 2.39 bits per heavy atom. The summed E-state index contributed by atoms with van der Waals surface area (Å²) in [5, 5.41) is 0. The number of rotatable bonds is 8. The van der Waals surface area contributed by atoms with E-state index in [2.05, 4.69) is 51.3 Å². The van der Waals surface area contributed by atoms with Gasteiger partial charge in [-0.25, -0.2) is 0 Å². The second-order valence-corrected chi connectivity index (χ2v) is 12.9. The van der Waals surface area contributed by atoms with Crippen LogP contribution < -0.4 is 10.6 Å². The van der Waals surface area contributed by atoms with Crippen LogP contribution in [0.4, 0.5) is 5.69 Å². The van der Waals surface area contributed by atoms with Gasteiger partial charge in [0.15, 0.2) is 5.78 Å². The Hall–Kier alpha value is -2.45. The van der Waals surface area contributed by atoms with Gasteiger partial charge in [0.05, 0.1) is 12.0 Å². The van der Waals surface area contributed by atoms with Crippen molar-refractivity contribution >= 4 is 23.3 Å². The first kappa shape index (κ1) is 28.6. The maximum atomic E-state index is 14.4. The molecule has 0 radical (unpaired) electrons. The molecule has 210 valence electrons. The number of ether oxygens (including phenoxy) is 1. The smallest absolute Gasteiger partial charge is 0.249 e. The summed E-state index contributed by atoms with van der Waals surface area (Å²) in [6.45, 7) is 18.1. The van der Waals surface area contributed by atoms with E-state index in [1.807, 2.05) is 12.1 Å². The number of carbonyl (C=O) groups excluding carboxylic acids is 3. The lowest BCUT2D eigenvalue weighted by atomic mass is 9.79. The molecule has 3 aliphatic rings. The Bertz CT molecular complexity index is 1040. The fraction of sp³-hybridized carbons (Fsp3) is 0.700. The van der Waals surface area contributed by atoms with Crippen molar-refractivity contribution in [1.29, 1.82) is 0 Å². The fourth-order valence-corrected chi connectivity index (χ4v) is 6.46. The van der Waals surface area contributed by atoms with Crippen LogP contribution in [0.15, 0.2) is 18.2 Å². The van der Waals surface area contributed by atoms with E-state index in [1.165, 1.54) is 0 Å². The van der Waals surface area contributed by atoms with Gasteiger partial charge in [-0.15, -0.1) is 0 Å². The third-order valence-corrected chi connectivity index (χ3v) is 8.43. The van der Waals surface area contributed by atoms with Crippen LogP contribution in [0.25, 0.3) is 0 Å². The third-order valence-electron chi connectivity index (χ3n) is 8.43. The van der Waals surface area contributed by atoms with Crippen molar-refractivity contribution in [3.05, 3.63) is 29.3 Å². The van der Waals surface area contributed by atoms with Crippen LogP contribution in [-0.4, -0.2) is 85.4 Å². The first-order chi connectivity index (χ1) is 17.9. The number of Topliss-reactive ketones (excluding diaryl/α,β-unsaturated/α-hetero) is 1. The molecule has 2 N–H and O–H groups in total. The van der Waals surface area contributed by atoms with Crippen molar-refractivity contribution in [3.8, 4) is 0 Å². The molecule has 0 bridgehead atoms. The molecule has 0 unspecified atom stereocenters. The van der Waals surface area contributed by atoms with E-state index in [4.69, 9.17) is 10.5 Å². The van der Waals surface area contributed by atoms with E-state index in [0.717, 1.165) is 44.8 Å². The SMILES string of the molecule is CCCN1CCN(c2ccc(C(N)=O)c([C@H](CC(C)(C)C)C(=O)N3C[C@@H](C(C)C)[C@H]4OCC(=O)[C@H]43)c2)CC1. The van der Waals surface area contributed by atoms with Gasteiger partial charge in [-0.05, 0) is 54.5 Å². The lowest BCUT2D eigenvalue weighted by Gasteiger charge is -2.37. The number of ketones is 1. The number of fused-ring (bicyclic) bond motifs is 1. The molecule has 3 saturated heterocycles. The molecule has 3 fully saturated rings. The van der Waals surface area contributed by atoms with Gasteiger partial charge in [0, 0.05) is 49.9 Å². The highest BCUT2D eigenvalue weighted by molar-refractivity contribution is 5.99. The molecule has 8 nitrogen and oxygen atoms in total. The van der Waals surface area contributed by atoms with Crippen LogP contribution in [0, 0.1) is 17.3 Å². The third kappa shape index (κ3) is 5.91. The minimum Gasteiger partial charge on any atom is -0.369 e. The number of primary amides is 1. The highest BCUT2D eigenvalue weighted by atomic mass is 16.5. The van der Waals surface area contributed by atoms with Crippen molar-refractivity contribution in [2.24, 2.45) is 23.0 Å². The molecular weight excluding hydrogens is 480 g/mol. The number of nitrogens with two attached hydrogens (primary N) is 1. The Kier molecular flexibility index (Phi) is 8.52. The second-order valence-electron chi connectivity index (χ2n) is 12.9. The predicted octanol–water partition coefficient (Wildman–Crippen LogP) is 3.29. The zero-order valence-electron chi connectivity index (χ0n) is 24.0. The average Bonchev–Trinajstić information content (AvgIpc) is 3.42. The Balaban J connectivity index is 1.71. The minimum atomic E-state index is -0.584. The van der Waals surface area contributed by atoms with Crippen LogP contribution in [0.2, 0.25) is 0 Å². The standard InChI is InChI=1S/C30H46N4O4/c1-7-10-32-11-13-33(14-12-32)20-8-9-21(28(31)36)22(15-20)23(16-30(4,5)6)29(37)34-17-24(19(2)3)27-26(34)25(35)18-38-27/h8-9,15,19,23-24,26-27H,7,10-14,16-18H2,1-6H3,(H2,31,36)/t23-,24-,26+,27+/m0/s1. The van der Waals surface area contributed by atoms with Crippen LogP contribution in [0.5, 0.6) is 0 Å². The molecule has 8 heteroatoms. The zero-order valence-corrected chi connectivity index (χ0v) is 24.0. The van der Waals surface area contributed by atoms with Crippen LogP contribution >= 0.6 is 0 Å². The van der Waals surface area contributed by atoms with Gasteiger partial charge in [-0.1, -0.05) is 41.5 Å². The van der Waals surface area contributed by atoms with Gasteiger partial charge in [0.2, 0.25) is 11.8 Å². The highest BCUT2D eigenvalue weighted by Gasteiger charge is 2.54. The van der Waals surface area contributed by atoms with E-state index in [0.29, 0.717) is 24.1 Å². The molecular formula is C30H46N4O4. The predicted molar refractivity (Wildman–Crippen MR) is 149 cm³/mol. The Morgan fingerprint density at radius 2 is 1.82 bits per heavy atom. The quantitative estimate of drug-likeness (QED) is 0.559. The maximum Gasteiger partial charge on any atom is 0.249 e. The molecule has 0 saturated carbocycles. The monoisotopic (exact) mass is 526 g/mol. The molecule has 0 aliphatic carbocycles. The van der Waals surface area contributed by atoms with Gasteiger partial charge in [0.1, 0.15) is 12.6 Å². The number of likely N-dealkylation sites (tertiary alicyclic amines) is 1. The lowest BCUT2D eigenvalue weighted by Crippen LogP contribution is -2.46. The number of nitrogens with zero attached hydrogens (tertiary/aromatic N) is 3. The maximum absolute atomic E-state index is 14.4. The van der Waals surface area contributed by atoms with Gasteiger partial charge < -0.3 is 20.3 Å². The van der Waals surface area contributed by atoms with Gasteiger partial charge >= 0.3 is 0 Å². The number of amides is 2. The first-order valence-electron chi connectivity index (χ1n) is 14.3. The summed E-state index contributed by atoms with van der Waals surface area (Å²) in [6.07, 6.45) is 1.41. The normalized spacial score (nSPS) is 25.2. The number of hydrogen-bond acceptors (Lipinski definition) is 6. The van der Waals surface area contributed by atoms with E-state index in [1.54, 1.807) is 11.0 Å². The van der Waals surface area contributed by atoms with Crippen molar-refractivity contribution in [2.75, 3.05) is 50.8 Å². The summed E-state index contributed by atoms with van der Waals surface area (Å²) >= 11 is 0. The van der Waals surface area contributed by atoms with Gasteiger partial charge in [-0.3, -0.25) is 19.3 Å². The second kappa shape index (κ2) is 11.3. The molecule has 2 amide bonds. The molecule has 4 rings (SSSR count). The first-order valence-corrected chi connectivity index (χ1v) is 14.3. The summed E-state index contributed by atoms with van der Waals surface area (Å²) in [4.78, 5) is 46.5. The van der Waals surface area contributed by atoms with E-state index >= 15 is 0 Å². The number of anilines is 1. The summed E-state index contributed by atoms with van der Waals surface area (Å²) in [6, 6.07) is 5.18. The lowest BCUT2D eigenvalue weighted by molar-refractivity contribution is -0.138. The van der Waals surface area contributed by atoms with E-state index in [-0.39, 0.29) is 41.7 Å². The Morgan fingerprint density at radius 1 is 1.13 bits per heavy atom. The van der Waals surface area contributed by atoms with Crippen molar-refractivity contribution in [2.45, 2.75) is 72.4 Å². The number of carbonyl (C=O) groups is 3. The van der Waals surface area contributed by atoms with Gasteiger partial charge in [-0.2, -0.15) is 0 Å². The molecule has 0 spiro atoms. The molecule has 4 atom stereocenters. The number of benzene rings is 1. The summed E-state index contributed by atoms with van der Waals surface area (Å²) in [7, 11) is 0. The van der Waals surface area contributed by atoms with Crippen LogP contribution in [0.1, 0.15) is 76.2 Å². The number of hydrogen-bond donors (Lipinski definition) is 1. The van der Waals surface area contributed by atoms with E-state index in [9.17, 15) is 14.4 Å². The molecule has 38 heavy (non-hydrogen) atoms. The molecule has 1 aromatic rings. The molecule has 3 heterocycles. The minimum absolute atomic E-state index is 0.0326. The van der Waals surface area contributed by atoms with E-state index < -0.39 is 17.9 Å². The van der Waals surface area contributed by atoms with Crippen molar-refractivity contribution < 1.29 is 19.1 Å². The Labute approximate surface area is 227 Å². The number of piperazine rings is 1. The average molecular weight is 527 g/mol. The van der Waals surface area contributed by atoms with Crippen molar-refractivity contribution in [3.63, 3.8) is 0 Å². The van der Waals surface area contributed by atoms with Crippen LogP contribution in [-0.2, 0) is 14.3 Å². The summed E-state index contributed by atoms with van der Waals surface area (Å²) in [5.74, 6) is -0.876. The highest BCUT2D eigenvalue weighted by Crippen LogP contribution is 2.41. The molecule has 3 aliphatic heterocycles. The largest absolute Gasteiger partial charge is 0.369 e. The van der Waals surface area contributed by atoms with Crippen LogP contribution in [0.3, 0.4) is 0 Å².